The summed E-state index contributed by atoms with van der Waals surface area (Å²) in [5, 5.41) is 1.14. The van der Waals surface area contributed by atoms with Gasteiger partial charge in [0.25, 0.3) is 0 Å². The summed E-state index contributed by atoms with van der Waals surface area (Å²) in [4.78, 5) is 24.4. The third kappa shape index (κ3) is 3.25. The number of amides is 1. The van der Waals surface area contributed by atoms with Crippen LogP contribution in [0.4, 0.5) is 5.69 Å². The number of hydrogen-bond acceptors (Lipinski definition) is 3. The molecule has 24 heavy (non-hydrogen) atoms. The summed E-state index contributed by atoms with van der Waals surface area (Å²) in [6.45, 7) is 8.19. The van der Waals surface area contributed by atoms with E-state index < -0.39 is 0 Å². The number of pyridine rings is 1. The number of aromatic amines is 1. The van der Waals surface area contributed by atoms with Gasteiger partial charge in [0.05, 0.1) is 0 Å². The van der Waals surface area contributed by atoms with E-state index in [9.17, 15) is 4.79 Å². The van der Waals surface area contributed by atoms with E-state index in [1.807, 2.05) is 12.4 Å². The predicted molar refractivity (Wildman–Crippen MR) is 98.1 cm³/mol. The summed E-state index contributed by atoms with van der Waals surface area (Å²) in [5.41, 5.74) is 2.09. The molecule has 1 saturated heterocycles. The molecule has 5 nitrogen and oxygen atoms in total. The van der Waals surface area contributed by atoms with E-state index >= 15 is 0 Å². The average molecular weight is 328 g/mol. The van der Waals surface area contributed by atoms with E-state index in [1.54, 1.807) is 0 Å². The van der Waals surface area contributed by atoms with Gasteiger partial charge in [-0.3, -0.25) is 4.79 Å². The molecule has 2 unspecified atom stereocenters. The molecule has 5 heteroatoms. The predicted octanol–water partition coefficient (Wildman–Crippen LogP) is 3.28. The molecule has 0 saturated carbocycles. The average Bonchev–Trinajstić information content (AvgIpc) is 3.02. The normalized spacial score (nSPS) is 21.5. The van der Waals surface area contributed by atoms with Crippen molar-refractivity contribution in [2.75, 3.05) is 25.0 Å². The fourth-order valence-corrected chi connectivity index (χ4v) is 3.69. The topological polar surface area (TPSA) is 52.2 Å². The van der Waals surface area contributed by atoms with Gasteiger partial charge in [-0.2, -0.15) is 0 Å². The van der Waals surface area contributed by atoms with Crippen LogP contribution in [0.2, 0.25) is 0 Å². The number of carbonyl (C=O) groups excluding carboxylic acids is 1. The van der Waals surface area contributed by atoms with Crippen LogP contribution in [0.25, 0.3) is 11.0 Å². The quantitative estimate of drug-likeness (QED) is 0.937. The van der Waals surface area contributed by atoms with Crippen LogP contribution < -0.4 is 4.90 Å². The van der Waals surface area contributed by atoms with Crippen LogP contribution in [0.5, 0.6) is 0 Å². The van der Waals surface area contributed by atoms with E-state index in [0.717, 1.165) is 30.5 Å². The van der Waals surface area contributed by atoms with Crippen LogP contribution in [0, 0.1) is 11.8 Å². The second kappa shape index (κ2) is 6.83. The van der Waals surface area contributed by atoms with Gasteiger partial charge in [-0.1, -0.05) is 20.8 Å². The first-order chi connectivity index (χ1) is 11.5. The molecule has 0 radical (unpaired) electrons. The van der Waals surface area contributed by atoms with Crippen molar-refractivity contribution in [3.8, 4) is 0 Å². The van der Waals surface area contributed by atoms with Crippen molar-refractivity contribution >= 4 is 22.6 Å². The van der Waals surface area contributed by atoms with Gasteiger partial charge in [0, 0.05) is 56.1 Å². The highest BCUT2D eigenvalue weighted by Crippen LogP contribution is 2.30. The molecule has 2 aromatic heterocycles. The van der Waals surface area contributed by atoms with Crippen molar-refractivity contribution in [2.45, 2.75) is 39.7 Å². The summed E-state index contributed by atoms with van der Waals surface area (Å²) >= 11 is 0. The zero-order valence-corrected chi connectivity index (χ0v) is 15.1. The number of nitrogens with one attached hydrogen (secondary N) is 1. The van der Waals surface area contributed by atoms with Crippen molar-refractivity contribution in [3.63, 3.8) is 0 Å². The van der Waals surface area contributed by atoms with Gasteiger partial charge in [-0.15, -0.1) is 0 Å². The van der Waals surface area contributed by atoms with Crippen LogP contribution in [-0.4, -0.2) is 47.0 Å². The number of rotatable bonds is 4. The maximum atomic E-state index is 12.5. The van der Waals surface area contributed by atoms with Gasteiger partial charge in [0.15, 0.2) is 0 Å². The summed E-state index contributed by atoms with van der Waals surface area (Å²) < 4.78 is 0. The van der Waals surface area contributed by atoms with Crippen molar-refractivity contribution in [1.82, 2.24) is 14.9 Å². The molecular weight excluding hydrogens is 300 g/mol. The molecular formula is C19H28N4O. The Morgan fingerprint density at radius 2 is 2.25 bits per heavy atom. The standard InChI is InChI=1S/C19H28N4O/c1-13(2)11-18(24)23-10-7-14(3)17(12-23)22(4)16-6-9-21-19-15(16)5-8-20-19/h5-6,8-9,13-14,17H,7,10-12H2,1-4H3,(H,20,21). The first-order valence-corrected chi connectivity index (χ1v) is 8.90. The fraction of sp³-hybridized carbons (Fsp3) is 0.579. The number of likely N-dealkylation sites (N-methyl/N-ethyl adjacent to an activating group) is 1. The zero-order valence-electron chi connectivity index (χ0n) is 15.1. The van der Waals surface area contributed by atoms with Crippen LogP contribution in [0.15, 0.2) is 24.5 Å². The molecule has 1 amide bonds. The summed E-state index contributed by atoms with van der Waals surface area (Å²) in [6, 6.07) is 4.47. The van der Waals surface area contributed by atoms with Gasteiger partial charge in [-0.25, -0.2) is 4.98 Å². The first kappa shape index (κ1) is 16.8. The zero-order chi connectivity index (χ0) is 17.3. The molecule has 3 heterocycles. The number of carbonyl (C=O) groups is 1. The van der Waals surface area contributed by atoms with Gasteiger partial charge >= 0.3 is 0 Å². The van der Waals surface area contributed by atoms with Gasteiger partial charge in [-0.05, 0) is 30.4 Å². The number of piperidine rings is 1. The van der Waals surface area contributed by atoms with E-state index in [-0.39, 0.29) is 5.91 Å². The van der Waals surface area contributed by atoms with Crippen LogP contribution >= 0.6 is 0 Å². The molecule has 1 N–H and O–H groups in total. The summed E-state index contributed by atoms with van der Waals surface area (Å²) in [7, 11) is 2.14. The SMILES string of the molecule is CC(C)CC(=O)N1CCC(C)C(N(C)c2ccnc3[nH]ccc23)C1. The first-order valence-electron chi connectivity index (χ1n) is 8.90. The number of aromatic nitrogens is 2. The maximum absolute atomic E-state index is 12.5. The number of anilines is 1. The van der Waals surface area contributed by atoms with E-state index in [0.29, 0.717) is 24.3 Å². The molecule has 3 rings (SSSR count). The lowest BCUT2D eigenvalue weighted by Gasteiger charge is -2.43. The third-order valence-electron chi connectivity index (χ3n) is 5.17. The Bertz CT molecular complexity index is 708. The number of nitrogens with zero attached hydrogens (tertiary/aromatic N) is 3. The van der Waals surface area contributed by atoms with Gasteiger partial charge in [0.1, 0.15) is 5.65 Å². The smallest absolute Gasteiger partial charge is 0.222 e. The van der Waals surface area contributed by atoms with Crippen LogP contribution in [0.1, 0.15) is 33.6 Å². The molecule has 1 aliphatic rings. The summed E-state index contributed by atoms with van der Waals surface area (Å²) in [6.07, 6.45) is 5.47. The minimum absolute atomic E-state index is 0.289. The third-order valence-corrected chi connectivity index (χ3v) is 5.17. The highest BCUT2D eigenvalue weighted by atomic mass is 16.2. The monoisotopic (exact) mass is 328 g/mol. The highest BCUT2D eigenvalue weighted by molar-refractivity contribution is 5.89. The molecule has 2 atom stereocenters. The molecule has 1 aliphatic heterocycles. The Labute approximate surface area is 144 Å². The second-order valence-electron chi connectivity index (χ2n) is 7.45. The largest absolute Gasteiger partial charge is 0.369 e. The Morgan fingerprint density at radius 1 is 1.46 bits per heavy atom. The fourth-order valence-electron chi connectivity index (χ4n) is 3.69. The maximum Gasteiger partial charge on any atom is 0.222 e. The molecule has 0 aliphatic carbocycles. The highest BCUT2D eigenvalue weighted by Gasteiger charge is 2.32. The Hall–Kier alpha value is -2.04. The van der Waals surface area contributed by atoms with Gasteiger partial charge in [0.2, 0.25) is 5.91 Å². The van der Waals surface area contributed by atoms with Crippen molar-refractivity contribution < 1.29 is 4.79 Å². The van der Waals surface area contributed by atoms with Crippen LogP contribution in [0.3, 0.4) is 0 Å². The molecule has 0 bridgehead atoms. The lowest BCUT2D eigenvalue weighted by Crippen LogP contribution is -2.52. The molecule has 0 aromatic carbocycles. The van der Waals surface area contributed by atoms with E-state index in [4.69, 9.17) is 0 Å². The molecule has 0 spiro atoms. The number of hydrogen-bond donors (Lipinski definition) is 1. The van der Waals surface area contributed by atoms with Crippen molar-refractivity contribution in [2.24, 2.45) is 11.8 Å². The molecule has 130 valence electrons. The Morgan fingerprint density at radius 3 is 3.00 bits per heavy atom. The van der Waals surface area contributed by atoms with Crippen molar-refractivity contribution in [3.05, 3.63) is 24.5 Å². The van der Waals surface area contributed by atoms with Crippen molar-refractivity contribution in [1.29, 1.82) is 0 Å². The molecule has 2 aromatic rings. The summed E-state index contributed by atoms with van der Waals surface area (Å²) in [5.74, 6) is 1.25. The van der Waals surface area contributed by atoms with Crippen LogP contribution in [-0.2, 0) is 4.79 Å². The Kier molecular flexibility index (Phi) is 4.78. The van der Waals surface area contributed by atoms with E-state index in [1.165, 1.54) is 5.69 Å². The lowest BCUT2D eigenvalue weighted by atomic mass is 9.91. The second-order valence-corrected chi connectivity index (χ2v) is 7.45. The number of H-pyrrole nitrogens is 1. The minimum atomic E-state index is 0.289. The lowest BCUT2D eigenvalue weighted by molar-refractivity contribution is -0.133. The number of fused-ring (bicyclic) bond motifs is 1. The molecule has 1 fully saturated rings. The Balaban J connectivity index is 1.81. The minimum Gasteiger partial charge on any atom is -0.369 e. The van der Waals surface area contributed by atoms with E-state index in [2.05, 4.69) is 59.7 Å². The van der Waals surface area contributed by atoms with Gasteiger partial charge < -0.3 is 14.8 Å². The number of likely N-dealkylation sites (tertiary alicyclic amines) is 1.